The van der Waals surface area contributed by atoms with Gasteiger partial charge in [0.05, 0.1) is 18.6 Å². The van der Waals surface area contributed by atoms with Crippen LogP contribution in [0, 0.1) is 11.7 Å². The molecule has 3 heterocycles. The molecule has 1 aromatic carbocycles. The van der Waals surface area contributed by atoms with E-state index in [-0.39, 0.29) is 0 Å². The monoisotopic (exact) mass is 478 g/mol. The second-order valence-electron chi connectivity index (χ2n) is 6.62. The third-order valence-corrected chi connectivity index (χ3v) is 6.40. The smallest absolute Gasteiger partial charge is 0.338 e. The number of rotatable bonds is 4. The van der Waals surface area contributed by atoms with E-state index in [4.69, 9.17) is 15.5 Å². The summed E-state index contributed by atoms with van der Waals surface area (Å²) < 4.78 is 19.2. The topological polar surface area (TPSA) is 97.9 Å². The fourth-order valence-corrected chi connectivity index (χ4v) is 4.81. The predicted molar refractivity (Wildman–Crippen MR) is 109 cm³/mol. The van der Waals surface area contributed by atoms with E-state index in [0.717, 1.165) is 0 Å². The number of amidine groups is 1. The Balaban J connectivity index is 1.93. The van der Waals surface area contributed by atoms with Gasteiger partial charge in [0.1, 0.15) is 11.9 Å². The van der Waals surface area contributed by atoms with Crippen molar-refractivity contribution >= 4 is 45.0 Å². The number of esters is 1. The van der Waals surface area contributed by atoms with E-state index in [9.17, 15) is 14.0 Å². The maximum atomic E-state index is 13.7. The summed E-state index contributed by atoms with van der Waals surface area (Å²) in [5.41, 5.74) is 7.09. The highest BCUT2D eigenvalue weighted by molar-refractivity contribution is 9.10. The number of hydrogen-bond donors (Lipinski definition) is 1. The van der Waals surface area contributed by atoms with Crippen LogP contribution in [0.1, 0.15) is 23.0 Å². The summed E-state index contributed by atoms with van der Waals surface area (Å²) in [4.78, 5) is 35.6. The first-order valence-corrected chi connectivity index (χ1v) is 10.4. The highest BCUT2D eigenvalue weighted by atomic mass is 79.9. The summed E-state index contributed by atoms with van der Waals surface area (Å²) in [6.07, 6.45) is 1.95. The van der Waals surface area contributed by atoms with Gasteiger partial charge in [0.25, 0.3) is 0 Å². The normalized spacial score (nSPS) is 21.1. The average molecular weight is 479 g/mol. The number of primary amides is 1. The molecule has 29 heavy (non-hydrogen) atoms. The lowest BCUT2D eigenvalue weighted by molar-refractivity contribution is -0.136. The van der Waals surface area contributed by atoms with Gasteiger partial charge in [0, 0.05) is 34.7 Å². The number of aliphatic imine (C=N–C) groups is 1. The molecule has 0 radical (unpaired) electrons. The first-order chi connectivity index (χ1) is 13.9. The Kier molecular flexibility index (Phi) is 5.22. The number of amides is 1. The maximum absolute atomic E-state index is 13.7. The number of allylic oxidation sites excluding steroid dienone is 1. The second kappa shape index (κ2) is 7.68. The average Bonchev–Trinajstić information content (AvgIpc) is 3.36. The van der Waals surface area contributed by atoms with Crippen molar-refractivity contribution in [2.45, 2.75) is 12.5 Å². The Labute approximate surface area is 178 Å². The lowest BCUT2D eigenvalue weighted by Crippen LogP contribution is -2.36. The summed E-state index contributed by atoms with van der Waals surface area (Å²) in [5, 5.41) is 2.47. The van der Waals surface area contributed by atoms with Gasteiger partial charge in [-0.05, 0) is 17.7 Å². The maximum Gasteiger partial charge on any atom is 0.338 e. The molecule has 0 spiro atoms. The van der Waals surface area contributed by atoms with Gasteiger partial charge in [-0.2, -0.15) is 0 Å². The van der Waals surface area contributed by atoms with E-state index in [1.165, 1.54) is 30.6 Å². The fraction of sp³-hybridized carbons (Fsp3) is 0.263. The van der Waals surface area contributed by atoms with Gasteiger partial charge in [-0.1, -0.05) is 22.0 Å². The SMILES string of the molecule is COC(=O)C1=C2C[C@@H](C(N)=O)CN2C(c2nccs2)=NC1c1ccc(F)cc1Br. The molecular formula is C19H16BrFN4O3S. The molecule has 1 unspecified atom stereocenters. The van der Waals surface area contributed by atoms with Crippen molar-refractivity contribution in [2.75, 3.05) is 13.7 Å². The molecule has 0 saturated carbocycles. The summed E-state index contributed by atoms with van der Waals surface area (Å²) in [6.45, 7) is 0.306. The molecule has 4 rings (SSSR count). The van der Waals surface area contributed by atoms with Crippen LogP contribution < -0.4 is 5.73 Å². The van der Waals surface area contributed by atoms with Crippen LogP contribution in [-0.2, 0) is 14.3 Å². The Morgan fingerprint density at radius 2 is 2.21 bits per heavy atom. The number of methoxy groups -OCH3 is 1. The Morgan fingerprint density at radius 3 is 2.83 bits per heavy atom. The molecule has 2 aromatic rings. The highest BCUT2D eigenvalue weighted by Gasteiger charge is 2.43. The fourth-order valence-electron chi connectivity index (χ4n) is 3.61. The summed E-state index contributed by atoms with van der Waals surface area (Å²) >= 11 is 4.77. The number of hydrogen-bond acceptors (Lipinski definition) is 7. The zero-order valence-electron chi connectivity index (χ0n) is 15.3. The molecule has 1 saturated heterocycles. The van der Waals surface area contributed by atoms with Gasteiger partial charge < -0.3 is 15.4 Å². The van der Waals surface area contributed by atoms with Gasteiger partial charge in [-0.3, -0.25) is 9.79 Å². The Morgan fingerprint density at radius 1 is 1.41 bits per heavy atom. The molecule has 2 N–H and O–H groups in total. The summed E-state index contributed by atoms with van der Waals surface area (Å²) in [7, 11) is 1.29. The van der Waals surface area contributed by atoms with Crippen molar-refractivity contribution in [3.8, 4) is 0 Å². The van der Waals surface area contributed by atoms with Crippen LogP contribution in [0.5, 0.6) is 0 Å². The zero-order chi connectivity index (χ0) is 20.7. The number of benzene rings is 1. The van der Waals surface area contributed by atoms with Crippen molar-refractivity contribution in [1.82, 2.24) is 9.88 Å². The van der Waals surface area contributed by atoms with Crippen molar-refractivity contribution in [1.29, 1.82) is 0 Å². The van der Waals surface area contributed by atoms with Gasteiger partial charge >= 0.3 is 5.97 Å². The number of ether oxygens (including phenoxy) is 1. The van der Waals surface area contributed by atoms with E-state index in [2.05, 4.69) is 20.9 Å². The zero-order valence-corrected chi connectivity index (χ0v) is 17.7. The lowest BCUT2D eigenvalue weighted by atomic mass is 9.94. The van der Waals surface area contributed by atoms with Crippen LogP contribution in [0.25, 0.3) is 0 Å². The first kappa shape index (κ1) is 19.7. The minimum absolute atomic E-state index is 0.291. The minimum Gasteiger partial charge on any atom is -0.466 e. The molecule has 2 aliphatic rings. The van der Waals surface area contributed by atoms with E-state index in [1.54, 1.807) is 12.3 Å². The Bertz CT molecular complexity index is 1050. The van der Waals surface area contributed by atoms with Crippen LogP contribution >= 0.6 is 27.3 Å². The number of nitrogens with zero attached hydrogens (tertiary/aromatic N) is 3. The first-order valence-electron chi connectivity index (χ1n) is 8.71. The number of aromatic nitrogens is 1. The van der Waals surface area contributed by atoms with Crippen LogP contribution in [0.2, 0.25) is 0 Å². The second-order valence-corrected chi connectivity index (χ2v) is 8.37. The van der Waals surface area contributed by atoms with Crippen molar-refractivity contribution in [3.63, 3.8) is 0 Å². The number of thiazole rings is 1. The quantitative estimate of drug-likeness (QED) is 0.681. The molecule has 10 heteroatoms. The molecule has 2 aliphatic heterocycles. The van der Waals surface area contributed by atoms with Crippen LogP contribution in [0.15, 0.2) is 50.5 Å². The van der Waals surface area contributed by atoms with Crippen molar-refractivity contribution < 1.29 is 18.7 Å². The third-order valence-electron chi connectivity index (χ3n) is 4.95. The largest absolute Gasteiger partial charge is 0.466 e. The van der Waals surface area contributed by atoms with Gasteiger partial charge in [0.2, 0.25) is 5.91 Å². The molecule has 150 valence electrons. The number of fused-ring (bicyclic) bond motifs is 1. The van der Waals surface area contributed by atoms with E-state index < -0.39 is 29.7 Å². The molecule has 1 fully saturated rings. The van der Waals surface area contributed by atoms with Gasteiger partial charge in [-0.15, -0.1) is 11.3 Å². The van der Waals surface area contributed by atoms with E-state index in [1.807, 2.05) is 10.3 Å². The standard InChI is InChI=1S/C19H16BrFN4O3S/c1-28-19(27)14-13-6-9(16(22)26)8-25(13)17(18-23-4-5-29-18)24-15(14)11-3-2-10(21)7-12(11)20/h2-5,7,9,15H,6,8H2,1H3,(H2,22,26)/t9-,15?/m1/s1. The number of carbonyl (C=O) groups is 2. The molecular weight excluding hydrogens is 463 g/mol. The van der Waals surface area contributed by atoms with Gasteiger partial charge in [0.15, 0.2) is 10.8 Å². The van der Waals surface area contributed by atoms with Crippen LogP contribution in [-0.4, -0.2) is 41.3 Å². The van der Waals surface area contributed by atoms with Crippen LogP contribution in [0.3, 0.4) is 0 Å². The van der Waals surface area contributed by atoms with Crippen molar-refractivity contribution in [2.24, 2.45) is 16.6 Å². The highest BCUT2D eigenvalue weighted by Crippen LogP contribution is 2.43. The third kappa shape index (κ3) is 3.46. The summed E-state index contributed by atoms with van der Waals surface area (Å²) in [6, 6.07) is 3.47. The van der Waals surface area contributed by atoms with Crippen LogP contribution in [0.4, 0.5) is 4.39 Å². The number of nitrogens with two attached hydrogens (primary N) is 1. The minimum atomic E-state index is -0.741. The molecule has 0 bridgehead atoms. The lowest BCUT2D eigenvalue weighted by Gasteiger charge is -2.31. The predicted octanol–water partition coefficient (Wildman–Crippen LogP) is 2.78. The molecule has 1 aromatic heterocycles. The summed E-state index contributed by atoms with van der Waals surface area (Å²) in [5.74, 6) is -1.34. The molecule has 7 nitrogen and oxygen atoms in total. The number of halogens is 2. The van der Waals surface area contributed by atoms with E-state index >= 15 is 0 Å². The molecule has 1 amide bonds. The molecule has 2 atom stereocenters. The van der Waals surface area contributed by atoms with E-state index in [0.29, 0.717) is 45.1 Å². The van der Waals surface area contributed by atoms with Crippen molar-refractivity contribution in [3.05, 3.63) is 61.9 Å². The number of carbonyl (C=O) groups excluding carboxylic acids is 2. The van der Waals surface area contributed by atoms with Gasteiger partial charge in [-0.25, -0.2) is 14.2 Å². The Hall–Kier alpha value is -2.59. The molecule has 0 aliphatic carbocycles.